The molecule has 8 heteroatoms. The molecule has 0 saturated heterocycles. The van der Waals surface area contributed by atoms with E-state index in [1.54, 1.807) is 7.11 Å². The van der Waals surface area contributed by atoms with Gasteiger partial charge in [0.1, 0.15) is 5.75 Å². The molecule has 0 atom stereocenters. The Labute approximate surface area is 120 Å². The van der Waals surface area contributed by atoms with E-state index in [4.69, 9.17) is 20.4 Å². The number of hydrogen-bond donors (Lipinski definition) is 2. The van der Waals surface area contributed by atoms with Crippen LogP contribution in [0.5, 0.6) is 5.75 Å². The Morgan fingerprint density at radius 1 is 1.29 bits per heavy atom. The Kier molecular flexibility index (Phi) is 6.29. The van der Waals surface area contributed by atoms with Crippen molar-refractivity contribution >= 4 is 5.84 Å². The van der Waals surface area contributed by atoms with Crippen molar-refractivity contribution in [2.75, 3.05) is 20.3 Å². The maximum absolute atomic E-state index is 13.0. The zero-order valence-electron chi connectivity index (χ0n) is 11.5. The highest BCUT2D eigenvalue weighted by atomic mass is 19.4. The second-order valence-corrected chi connectivity index (χ2v) is 4.24. The molecular formula is C13H17F3N2O3. The van der Waals surface area contributed by atoms with E-state index < -0.39 is 17.6 Å². The van der Waals surface area contributed by atoms with Gasteiger partial charge in [0.15, 0.2) is 5.84 Å². The van der Waals surface area contributed by atoms with Crippen LogP contribution in [0, 0.1) is 0 Å². The number of hydrogen-bond acceptors (Lipinski definition) is 4. The van der Waals surface area contributed by atoms with Crippen molar-refractivity contribution in [3.05, 3.63) is 29.3 Å². The standard InChI is InChI=1S/C13H17F3N2O3/c1-20-6-2-3-7-21-11-5-4-9(12(17)18-19)8-10(11)13(14,15)16/h4-5,8,19H,2-3,6-7H2,1H3,(H2,17,18). The first-order valence-corrected chi connectivity index (χ1v) is 6.21. The van der Waals surface area contributed by atoms with Gasteiger partial charge in [-0.05, 0) is 31.0 Å². The van der Waals surface area contributed by atoms with E-state index in [1.165, 1.54) is 6.07 Å². The molecule has 0 saturated carbocycles. The normalized spacial score (nSPS) is 12.5. The predicted molar refractivity (Wildman–Crippen MR) is 70.6 cm³/mol. The van der Waals surface area contributed by atoms with Crippen molar-refractivity contribution in [3.8, 4) is 5.75 Å². The van der Waals surface area contributed by atoms with Crippen molar-refractivity contribution in [2.45, 2.75) is 19.0 Å². The Hall–Kier alpha value is -1.96. The molecule has 0 aromatic heterocycles. The molecule has 0 heterocycles. The van der Waals surface area contributed by atoms with Gasteiger partial charge in [-0.3, -0.25) is 0 Å². The Balaban J connectivity index is 2.88. The van der Waals surface area contributed by atoms with Gasteiger partial charge in [-0.1, -0.05) is 5.16 Å². The molecule has 1 aromatic carbocycles. The molecule has 118 valence electrons. The Morgan fingerprint density at radius 3 is 2.52 bits per heavy atom. The zero-order valence-corrected chi connectivity index (χ0v) is 11.5. The van der Waals surface area contributed by atoms with Gasteiger partial charge < -0.3 is 20.4 Å². The van der Waals surface area contributed by atoms with Crippen molar-refractivity contribution < 1.29 is 27.9 Å². The van der Waals surface area contributed by atoms with E-state index >= 15 is 0 Å². The molecule has 3 N–H and O–H groups in total. The lowest BCUT2D eigenvalue weighted by Gasteiger charge is -2.15. The number of methoxy groups -OCH3 is 1. The van der Waals surface area contributed by atoms with Gasteiger partial charge in [-0.2, -0.15) is 13.2 Å². The van der Waals surface area contributed by atoms with E-state index in [2.05, 4.69) is 5.16 Å². The van der Waals surface area contributed by atoms with E-state index in [0.717, 1.165) is 12.1 Å². The first-order valence-electron chi connectivity index (χ1n) is 6.21. The first kappa shape index (κ1) is 17.1. The maximum Gasteiger partial charge on any atom is 0.419 e. The zero-order chi connectivity index (χ0) is 15.9. The fourth-order valence-corrected chi connectivity index (χ4v) is 1.63. The molecular weight excluding hydrogens is 289 g/mol. The second-order valence-electron chi connectivity index (χ2n) is 4.24. The number of unbranched alkanes of at least 4 members (excludes halogenated alkanes) is 1. The molecule has 0 aliphatic heterocycles. The molecule has 0 aliphatic rings. The molecule has 0 spiro atoms. The molecule has 5 nitrogen and oxygen atoms in total. The lowest BCUT2D eigenvalue weighted by molar-refractivity contribution is -0.139. The minimum atomic E-state index is -4.59. The van der Waals surface area contributed by atoms with Crippen molar-refractivity contribution in [1.29, 1.82) is 0 Å². The van der Waals surface area contributed by atoms with Crippen LogP contribution in [0.3, 0.4) is 0 Å². The minimum absolute atomic E-state index is 0.0310. The topological polar surface area (TPSA) is 77.1 Å². The van der Waals surface area contributed by atoms with Gasteiger partial charge in [0, 0.05) is 19.3 Å². The van der Waals surface area contributed by atoms with Crippen molar-refractivity contribution in [3.63, 3.8) is 0 Å². The molecule has 0 amide bonds. The van der Waals surface area contributed by atoms with E-state index in [0.29, 0.717) is 19.4 Å². The van der Waals surface area contributed by atoms with Gasteiger partial charge in [0.2, 0.25) is 0 Å². The minimum Gasteiger partial charge on any atom is -0.493 e. The summed E-state index contributed by atoms with van der Waals surface area (Å²) in [4.78, 5) is 0. The quantitative estimate of drug-likeness (QED) is 0.267. The number of oxime groups is 1. The molecule has 0 radical (unpaired) electrons. The van der Waals surface area contributed by atoms with Crippen LogP contribution in [0.4, 0.5) is 13.2 Å². The maximum atomic E-state index is 13.0. The average molecular weight is 306 g/mol. The molecule has 0 fully saturated rings. The number of nitrogens with zero attached hydrogens (tertiary/aromatic N) is 1. The van der Waals surface area contributed by atoms with Crippen LogP contribution in [0.25, 0.3) is 0 Å². The lowest BCUT2D eigenvalue weighted by Crippen LogP contribution is -2.16. The van der Waals surface area contributed by atoms with Crippen LogP contribution in [-0.2, 0) is 10.9 Å². The van der Waals surface area contributed by atoms with E-state index in [1.807, 2.05) is 0 Å². The number of alkyl halides is 3. The third-order valence-corrected chi connectivity index (χ3v) is 2.69. The van der Waals surface area contributed by atoms with Crippen LogP contribution in [0.1, 0.15) is 24.0 Å². The number of halogens is 3. The first-order chi connectivity index (χ1) is 9.90. The number of nitrogens with two attached hydrogens (primary N) is 1. The highest BCUT2D eigenvalue weighted by Crippen LogP contribution is 2.36. The summed E-state index contributed by atoms with van der Waals surface area (Å²) < 4.78 is 48.9. The molecule has 1 rings (SSSR count). The van der Waals surface area contributed by atoms with Gasteiger partial charge in [0.05, 0.1) is 12.2 Å². The fraction of sp³-hybridized carbons (Fsp3) is 0.462. The summed E-state index contributed by atoms with van der Waals surface area (Å²) in [6.45, 7) is 0.674. The van der Waals surface area contributed by atoms with Crippen LogP contribution in [0.15, 0.2) is 23.4 Å². The van der Waals surface area contributed by atoms with Crippen LogP contribution < -0.4 is 10.5 Å². The highest BCUT2D eigenvalue weighted by molar-refractivity contribution is 5.97. The lowest BCUT2D eigenvalue weighted by atomic mass is 10.1. The molecule has 0 bridgehead atoms. The van der Waals surface area contributed by atoms with E-state index in [-0.39, 0.29) is 17.9 Å². The van der Waals surface area contributed by atoms with E-state index in [9.17, 15) is 13.2 Å². The second kappa shape index (κ2) is 7.72. The van der Waals surface area contributed by atoms with Crippen molar-refractivity contribution in [2.24, 2.45) is 10.9 Å². The average Bonchev–Trinajstić information content (AvgIpc) is 2.45. The summed E-state index contributed by atoms with van der Waals surface area (Å²) in [6, 6.07) is 3.25. The monoisotopic (exact) mass is 306 g/mol. The summed E-state index contributed by atoms with van der Waals surface area (Å²) in [5.74, 6) is -0.679. The summed E-state index contributed by atoms with van der Waals surface area (Å²) in [5, 5.41) is 11.2. The third kappa shape index (κ3) is 5.14. The highest BCUT2D eigenvalue weighted by Gasteiger charge is 2.35. The van der Waals surface area contributed by atoms with Gasteiger partial charge >= 0.3 is 6.18 Å². The summed E-state index contributed by atoms with van der Waals surface area (Å²) >= 11 is 0. The molecule has 0 unspecified atom stereocenters. The van der Waals surface area contributed by atoms with Crippen molar-refractivity contribution in [1.82, 2.24) is 0 Å². The Bertz CT molecular complexity index is 490. The van der Waals surface area contributed by atoms with Crippen LogP contribution >= 0.6 is 0 Å². The summed E-state index contributed by atoms with van der Waals surface area (Å²) in [6.07, 6.45) is -3.32. The van der Waals surface area contributed by atoms with Crippen LogP contribution in [-0.4, -0.2) is 31.4 Å². The predicted octanol–water partition coefficient (Wildman–Crippen LogP) is 2.61. The van der Waals surface area contributed by atoms with Gasteiger partial charge in [-0.25, -0.2) is 0 Å². The Morgan fingerprint density at radius 2 is 1.95 bits per heavy atom. The smallest absolute Gasteiger partial charge is 0.419 e. The summed E-state index contributed by atoms with van der Waals surface area (Å²) in [5.41, 5.74) is 4.30. The largest absolute Gasteiger partial charge is 0.493 e. The van der Waals surface area contributed by atoms with Gasteiger partial charge in [0.25, 0.3) is 0 Å². The molecule has 21 heavy (non-hydrogen) atoms. The number of rotatable bonds is 7. The SMILES string of the molecule is COCCCCOc1ccc(/C(N)=N/O)cc1C(F)(F)F. The third-order valence-electron chi connectivity index (χ3n) is 2.69. The number of ether oxygens (including phenoxy) is 2. The number of amidine groups is 1. The fourth-order valence-electron chi connectivity index (χ4n) is 1.63. The van der Waals surface area contributed by atoms with Gasteiger partial charge in [-0.15, -0.1) is 0 Å². The number of benzene rings is 1. The van der Waals surface area contributed by atoms with Crippen LogP contribution in [0.2, 0.25) is 0 Å². The summed E-state index contributed by atoms with van der Waals surface area (Å²) in [7, 11) is 1.55. The molecule has 0 aliphatic carbocycles. The molecule has 1 aromatic rings.